The molecule has 1 saturated heterocycles. The molecule has 0 spiro atoms. The average molecular weight is 368 g/mol. The Morgan fingerprint density at radius 2 is 1.96 bits per heavy atom. The molecule has 0 saturated carbocycles. The van der Waals surface area contributed by atoms with Gasteiger partial charge in [-0.3, -0.25) is 4.79 Å². The quantitative estimate of drug-likeness (QED) is 0.878. The molecule has 2 aromatic rings. The first-order valence-electron chi connectivity index (χ1n) is 9.78. The monoisotopic (exact) mass is 368 g/mol. The van der Waals surface area contributed by atoms with Crippen LogP contribution in [0.3, 0.4) is 0 Å². The van der Waals surface area contributed by atoms with Crippen LogP contribution < -0.4 is 10.2 Å². The number of carbonyl (C=O) groups excluding carboxylic acids is 1. The number of amides is 1. The number of likely N-dealkylation sites (N-methyl/N-ethyl adjacent to an activating group) is 1. The van der Waals surface area contributed by atoms with Crippen LogP contribution in [0.15, 0.2) is 24.3 Å². The summed E-state index contributed by atoms with van der Waals surface area (Å²) in [6.07, 6.45) is 2.05. The number of anilines is 1. The minimum Gasteiger partial charge on any atom is -0.372 e. The molecule has 2 aliphatic rings. The van der Waals surface area contributed by atoms with Gasteiger partial charge in [0.05, 0.1) is 11.7 Å². The van der Waals surface area contributed by atoms with Crippen molar-refractivity contribution in [2.24, 2.45) is 0 Å². The zero-order valence-corrected chi connectivity index (χ0v) is 16.4. The number of para-hydroxylation sites is 1. The first-order chi connectivity index (χ1) is 13.1. The van der Waals surface area contributed by atoms with Crippen LogP contribution >= 0.6 is 0 Å². The van der Waals surface area contributed by atoms with Crippen LogP contribution in [-0.2, 0) is 6.54 Å². The number of rotatable bonds is 2. The summed E-state index contributed by atoms with van der Waals surface area (Å²) >= 11 is 0. The molecule has 7 heteroatoms. The first kappa shape index (κ1) is 18.0. The molecular formula is C20H28N6O. The van der Waals surface area contributed by atoms with Gasteiger partial charge in [0.2, 0.25) is 0 Å². The van der Waals surface area contributed by atoms with E-state index in [0.29, 0.717) is 18.3 Å². The van der Waals surface area contributed by atoms with Crippen LogP contribution in [-0.4, -0.2) is 58.5 Å². The number of benzene rings is 1. The van der Waals surface area contributed by atoms with Crippen molar-refractivity contribution >= 4 is 11.6 Å². The molecule has 0 radical (unpaired) electrons. The van der Waals surface area contributed by atoms with Crippen LogP contribution in [0.25, 0.3) is 0 Å². The van der Waals surface area contributed by atoms with Gasteiger partial charge in [-0.2, -0.15) is 0 Å². The van der Waals surface area contributed by atoms with Crippen molar-refractivity contribution in [2.45, 2.75) is 45.3 Å². The molecule has 27 heavy (non-hydrogen) atoms. The number of piperidine rings is 1. The topological polar surface area (TPSA) is 66.3 Å². The normalized spacial score (nSPS) is 21.1. The van der Waals surface area contributed by atoms with Crippen LogP contribution in [0, 0.1) is 6.92 Å². The Kier molecular flexibility index (Phi) is 4.86. The van der Waals surface area contributed by atoms with Crippen LogP contribution in [0.1, 0.15) is 47.6 Å². The highest BCUT2D eigenvalue weighted by atomic mass is 16.2. The molecule has 144 valence electrons. The maximum Gasteiger partial charge on any atom is 0.276 e. The van der Waals surface area contributed by atoms with E-state index in [9.17, 15) is 4.79 Å². The fourth-order valence-electron chi connectivity index (χ4n) is 4.29. The van der Waals surface area contributed by atoms with Gasteiger partial charge in [0.25, 0.3) is 5.91 Å². The van der Waals surface area contributed by atoms with Crippen LogP contribution in [0.2, 0.25) is 0 Å². The van der Waals surface area contributed by atoms with E-state index in [1.165, 1.54) is 11.3 Å². The van der Waals surface area contributed by atoms with E-state index in [0.717, 1.165) is 38.2 Å². The summed E-state index contributed by atoms with van der Waals surface area (Å²) < 4.78 is 1.95. The number of hydrogen-bond donors (Lipinski definition) is 1. The minimum absolute atomic E-state index is 0.0229. The van der Waals surface area contributed by atoms with E-state index >= 15 is 0 Å². The Hall–Kier alpha value is -2.41. The lowest BCUT2D eigenvalue weighted by Gasteiger charge is -2.28. The molecule has 1 N–H and O–H groups in total. The Balaban J connectivity index is 1.61. The van der Waals surface area contributed by atoms with Crippen molar-refractivity contribution in [1.29, 1.82) is 0 Å². The van der Waals surface area contributed by atoms with Gasteiger partial charge < -0.3 is 15.1 Å². The molecular weight excluding hydrogens is 340 g/mol. The second-order valence-electron chi connectivity index (χ2n) is 7.74. The highest BCUT2D eigenvalue weighted by Gasteiger charge is 2.31. The van der Waals surface area contributed by atoms with E-state index in [4.69, 9.17) is 0 Å². The third kappa shape index (κ3) is 3.32. The summed E-state index contributed by atoms with van der Waals surface area (Å²) in [7, 11) is 2.09. The standard InChI is InChI=1S/C20H28N6O/c1-14-12-24(3)18-7-5-4-6-16(18)13-25(14)20(27)19-15(2)26(23-22-19)17-8-10-21-11-9-17/h4-7,14,17,21H,8-13H2,1-3H3/t14-/m1/s1. The van der Waals surface area contributed by atoms with Gasteiger partial charge in [0, 0.05) is 31.9 Å². The fourth-order valence-corrected chi connectivity index (χ4v) is 4.29. The van der Waals surface area contributed by atoms with Crippen molar-refractivity contribution < 1.29 is 4.79 Å². The summed E-state index contributed by atoms with van der Waals surface area (Å²) in [5.74, 6) is -0.0229. The molecule has 1 atom stereocenters. The molecule has 4 rings (SSSR count). The second-order valence-corrected chi connectivity index (χ2v) is 7.74. The predicted molar refractivity (Wildman–Crippen MR) is 105 cm³/mol. The number of nitrogens with zero attached hydrogens (tertiary/aromatic N) is 5. The number of nitrogens with one attached hydrogen (secondary N) is 1. The summed E-state index contributed by atoms with van der Waals surface area (Å²) in [4.78, 5) is 17.5. The van der Waals surface area contributed by atoms with Crippen molar-refractivity contribution in [1.82, 2.24) is 25.2 Å². The van der Waals surface area contributed by atoms with Crippen molar-refractivity contribution in [3.63, 3.8) is 0 Å². The summed E-state index contributed by atoms with van der Waals surface area (Å²) in [6.45, 7) is 7.44. The van der Waals surface area contributed by atoms with Gasteiger partial charge in [-0.25, -0.2) is 4.68 Å². The molecule has 0 unspecified atom stereocenters. The number of aromatic nitrogens is 3. The van der Waals surface area contributed by atoms with Gasteiger partial charge in [-0.1, -0.05) is 23.4 Å². The maximum atomic E-state index is 13.4. The molecule has 1 fully saturated rings. The zero-order chi connectivity index (χ0) is 19.0. The van der Waals surface area contributed by atoms with Gasteiger partial charge in [-0.15, -0.1) is 5.10 Å². The Bertz CT molecular complexity index is 826. The fraction of sp³-hybridized carbons (Fsp3) is 0.550. The molecule has 0 bridgehead atoms. The zero-order valence-electron chi connectivity index (χ0n) is 16.4. The van der Waals surface area contributed by atoms with E-state index in [-0.39, 0.29) is 11.9 Å². The summed E-state index contributed by atoms with van der Waals surface area (Å²) in [5, 5.41) is 12.0. The largest absolute Gasteiger partial charge is 0.372 e. The second kappa shape index (κ2) is 7.31. The highest BCUT2D eigenvalue weighted by Crippen LogP contribution is 2.28. The van der Waals surface area contributed by atoms with E-state index in [2.05, 4.69) is 46.6 Å². The average Bonchev–Trinajstić information content (AvgIpc) is 3.01. The third-order valence-corrected chi connectivity index (χ3v) is 5.86. The number of carbonyl (C=O) groups is 1. The lowest BCUT2D eigenvalue weighted by atomic mass is 10.1. The summed E-state index contributed by atoms with van der Waals surface area (Å²) in [5.41, 5.74) is 3.73. The number of hydrogen-bond acceptors (Lipinski definition) is 5. The van der Waals surface area contributed by atoms with Gasteiger partial charge in [-0.05, 0) is 51.4 Å². The van der Waals surface area contributed by atoms with Crippen molar-refractivity contribution in [3.05, 3.63) is 41.2 Å². The van der Waals surface area contributed by atoms with Crippen LogP contribution in [0.4, 0.5) is 5.69 Å². The van der Waals surface area contributed by atoms with Gasteiger partial charge in [0.1, 0.15) is 0 Å². The van der Waals surface area contributed by atoms with E-state index in [1.807, 2.05) is 28.6 Å². The molecule has 0 aliphatic carbocycles. The minimum atomic E-state index is -0.0229. The molecule has 1 amide bonds. The summed E-state index contributed by atoms with van der Waals surface area (Å²) in [6, 6.07) is 8.72. The molecule has 7 nitrogen and oxygen atoms in total. The first-order valence-corrected chi connectivity index (χ1v) is 9.78. The van der Waals surface area contributed by atoms with Gasteiger partial charge >= 0.3 is 0 Å². The predicted octanol–water partition coefficient (Wildman–Crippen LogP) is 1.99. The lowest BCUT2D eigenvalue weighted by molar-refractivity contribution is 0.0680. The number of fused-ring (bicyclic) bond motifs is 1. The van der Waals surface area contributed by atoms with E-state index in [1.54, 1.807) is 0 Å². The van der Waals surface area contributed by atoms with Gasteiger partial charge in [0.15, 0.2) is 5.69 Å². The SMILES string of the molecule is Cc1c(C(=O)N2Cc3ccccc3N(C)C[C@H]2C)nnn1C1CCNCC1. The van der Waals surface area contributed by atoms with Crippen molar-refractivity contribution in [2.75, 3.05) is 31.6 Å². The third-order valence-electron chi connectivity index (χ3n) is 5.86. The lowest BCUT2D eigenvalue weighted by Crippen LogP contribution is -2.42. The van der Waals surface area contributed by atoms with E-state index < -0.39 is 0 Å². The van der Waals surface area contributed by atoms with Crippen LogP contribution in [0.5, 0.6) is 0 Å². The smallest absolute Gasteiger partial charge is 0.276 e. The molecule has 1 aromatic carbocycles. The Morgan fingerprint density at radius 1 is 1.22 bits per heavy atom. The molecule has 2 aliphatic heterocycles. The molecule has 1 aromatic heterocycles. The Morgan fingerprint density at radius 3 is 2.74 bits per heavy atom. The maximum absolute atomic E-state index is 13.4. The Labute approximate surface area is 160 Å². The molecule has 3 heterocycles. The highest BCUT2D eigenvalue weighted by molar-refractivity contribution is 5.93. The van der Waals surface area contributed by atoms with Crippen molar-refractivity contribution in [3.8, 4) is 0 Å².